The fraction of sp³-hybridized carbons (Fsp3) is 0. The number of thiazole rings is 1. The minimum Gasteiger partial charge on any atom is -0.545 e. The van der Waals surface area contributed by atoms with Gasteiger partial charge in [0.05, 0.1) is 21.7 Å². The highest BCUT2D eigenvalue weighted by Gasteiger charge is 2.02. The Morgan fingerprint density at radius 3 is 3.08 bits per heavy atom. The van der Waals surface area contributed by atoms with Gasteiger partial charge in [-0.15, -0.1) is 11.3 Å². The van der Waals surface area contributed by atoms with Crippen molar-refractivity contribution in [2.75, 3.05) is 0 Å². The molecule has 1 aromatic heterocycles. The van der Waals surface area contributed by atoms with Gasteiger partial charge in [0.2, 0.25) is 0 Å². The molecule has 0 spiro atoms. The van der Waals surface area contributed by atoms with E-state index in [2.05, 4.69) is 4.98 Å². The Bertz CT molecular complexity index is 435. The van der Waals surface area contributed by atoms with Gasteiger partial charge in [-0.3, -0.25) is 0 Å². The predicted molar refractivity (Wildman–Crippen MR) is 44.0 cm³/mol. The second-order valence-corrected chi connectivity index (χ2v) is 3.15. The van der Waals surface area contributed by atoms with Crippen molar-refractivity contribution in [2.24, 2.45) is 0 Å². The maximum absolute atomic E-state index is 10.6. The van der Waals surface area contributed by atoms with Gasteiger partial charge < -0.3 is 9.90 Å². The molecule has 2 aromatic rings. The molecule has 3 nitrogen and oxygen atoms in total. The van der Waals surface area contributed by atoms with E-state index in [9.17, 15) is 9.90 Å². The highest BCUT2D eigenvalue weighted by atomic mass is 32.1. The Balaban J connectivity index is 2.82. The molecule has 2 rings (SSSR count). The molecule has 0 aliphatic rings. The third-order valence-electron chi connectivity index (χ3n) is 1.58. The summed E-state index contributed by atoms with van der Waals surface area (Å²) in [4.78, 5) is 14.6. The number of fused-ring (bicyclic) bond motifs is 1. The normalized spacial score (nSPS) is 10.3. The van der Waals surface area contributed by atoms with Crippen molar-refractivity contribution in [1.82, 2.24) is 4.98 Å². The van der Waals surface area contributed by atoms with E-state index < -0.39 is 5.97 Å². The summed E-state index contributed by atoms with van der Waals surface area (Å²) in [5.74, 6) is -1.15. The SMILES string of the molecule is O=C([O-])c1cccc2ncsc12. The molecule has 0 aliphatic heterocycles. The molecule has 0 saturated heterocycles. The van der Waals surface area contributed by atoms with Gasteiger partial charge in [0.25, 0.3) is 0 Å². The molecule has 60 valence electrons. The zero-order valence-electron chi connectivity index (χ0n) is 5.98. The minimum absolute atomic E-state index is 0.218. The molecule has 0 bridgehead atoms. The number of carboxylic acids is 1. The van der Waals surface area contributed by atoms with E-state index in [0.717, 1.165) is 0 Å². The Morgan fingerprint density at radius 2 is 2.33 bits per heavy atom. The van der Waals surface area contributed by atoms with Crippen LogP contribution in [0.2, 0.25) is 0 Å². The number of aromatic carboxylic acids is 1. The van der Waals surface area contributed by atoms with Crippen LogP contribution in [0.4, 0.5) is 0 Å². The zero-order valence-corrected chi connectivity index (χ0v) is 6.80. The summed E-state index contributed by atoms with van der Waals surface area (Å²) in [7, 11) is 0. The smallest absolute Gasteiger partial charge is 0.0818 e. The average molecular weight is 178 g/mol. The maximum Gasteiger partial charge on any atom is 0.0818 e. The largest absolute Gasteiger partial charge is 0.545 e. The highest BCUT2D eigenvalue weighted by molar-refractivity contribution is 7.17. The first-order valence-electron chi connectivity index (χ1n) is 3.32. The van der Waals surface area contributed by atoms with Crippen LogP contribution in [-0.4, -0.2) is 11.0 Å². The van der Waals surface area contributed by atoms with Gasteiger partial charge in [-0.1, -0.05) is 12.1 Å². The number of hydrogen-bond donors (Lipinski definition) is 0. The van der Waals surface area contributed by atoms with Crippen LogP contribution in [0.5, 0.6) is 0 Å². The van der Waals surface area contributed by atoms with Gasteiger partial charge in [0, 0.05) is 5.56 Å². The number of carbonyl (C=O) groups is 1. The van der Waals surface area contributed by atoms with Gasteiger partial charge >= 0.3 is 0 Å². The number of benzene rings is 1. The number of carboxylic acid groups (broad SMARTS) is 1. The number of aromatic nitrogens is 1. The summed E-state index contributed by atoms with van der Waals surface area (Å²) in [5.41, 5.74) is 2.55. The van der Waals surface area contributed by atoms with Crippen LogP contribution in [-0.2, 0) is 0 Å². The van der Waals surface area contributed by atoms with Crippen LogP contribution in [0.25, 0.3) is 10.2 Å². The van der Waals surface area contributed by atoms with E-state index in [0.29, 0.717) is 10.2 Å². The van der Waals surface area contributed by atoms with E-state index in [1.54, 1.807) is 17.6 Å². The zero-order chi connectivity index (χ0) is 8.55. The van der Waals surface area contributed by atoms with E-state index in [1.165, 1.54) is 17.4 Å². The Hall–Kier alpha value is -1.42. The standard InChI is InChI=1S/C8H5NO2S/c10-8(11)5-2-1-3-6-7(5)12-4-9-6/h1-4H,(H,10,11)/p-1. The quantitative estimate of drug-likeness (QED) is 0.644. The van der Waals surface area contributed by atoms with Gasteiger partial charge in [-0.2, -0.15) is 0 Å². The Labute approximate surface area is 72.3 Å². The van der Waals surface area contributed by atoms with E-state index in [4.69, 9.17) is 0 Å². The first-order valence-corrected chi connectivity index (χ1v) is 4.20. The molecular formula is C8H4NO2S-. The van der Waals surface area contributed by atoms with Crippen molar-refractivity contribution >= 4 is 27.5 Å². The molecule has 0 radical (unpaired) electrons. The third kappa shape index (κ3) is 0.967. The maximum atomic E-state index is 10.6. The fourth-order valence-corrected chi connectivity index (χ4v) is 1.84. The van der Waals surface area contributed by atoms with Crippen LogP contribution in [0.15, 0.2) is 23.7 Å². The number of rotatable bonds is 1. The van der Waals surface area contributed by atoms with Crippen molar-refractivity contribution < 1.29 is 9.90 Å². The van der Waals surface area contributed by atoms with E-state index >= 15 is 0 Å². The first-order chi connectivity index (χ1) is 5.79. The summed E-state index contributed by atoms with van der Waals surface area (Å²) in [5, 5.41) is 10.6. The van der Waals surface area contributed by atoms with Crippen molar-refractivity contribution in [2.45, 2.75) is 0 Å². The van der Waals surface area contributed by atoms with Gasteiger partial charge in [0.1, 0.15) is 0 Å². The van der Waals surface area contributed by atoms with Crippen LogP contribution in [0.3, 0.4) is 0 Å². The molecule has 0 amide bonds. The molecule has 12 heavy (non-hydrogen) atoms. The van der Waals surface area contributed by atoms with Crippen molar-refractivity contribution in [3.05, 3.63) is 29.3 Å². The molecule has 4 heteroatoms. The summed E-state index contributed by atoms with van der Waals surface area (Å²) in [6.07, 6.45) is 0. The van der Waals surface area contributed by atoms with Crippen LogP contribution in [0.1, 0.15) is 10.4 Å². The van der Waals surface area contributed by atoms with Gasteiger partial charge in [0.15, 0.2) is 0 Å². The number of nitrogens with zero attached hydrogens (tertiary/aromatic N) is 1. The topological polar surface area (TPSA) is 53.0 Å². The molecule has 0 saturated carbocycles. The number of carbonyl (C=O) groups excluding carboxylic acids is 1. The third-order valence-corrected chi connectivity index (χ3v) is 2.45. The van der Waals surface area contributed by atoms with Gasteiger partial charge in [-0.25, -0.2) is 4.98 Å². The summed E-state index contributed by atoms with van der Waals surface area (Å²) >= 11 is 1.31. The summed E-state index contributed by atoms with van der Waals surface area (Å²) < 4.78 is 0.678. The number of hydrogen-bond acceptors (Lipinski definition) is 4. The molecule has 1 heterocycles. The van der Waals surface area contributed by atoms with Gasteiger partial charge in [-0.05, 0) is 6.07 Å². The molecule has 1 aromatic carbocycles. The predicted octanol–water partition coefficient (Wildman–Crippen LogP) is 0.660. The van der Waals surface area contributed by atoms with Crippen molar-refractivity contribution in [3.8, 4) is 0 Å². The second-order valence-electron chi connectivity index (χ2n) is 2.29. The monoisotopic (exact) mass is 178 g/mol. The van der Waals surface area contributed by atoms with Crippen LogP contribution >= 0.6 is 11.3 Å². The lowest BCUT2D eigenvalue weighted by molar-refractivity contribution is -0.254. The van der Waals surface area contributed by atoms with Crippen LogP contribution in [0, 0.1) is 0 Å². The minimum atomic E-state index is -1.15. The highest BCUT2D eigenvalue weighted by Crippen LogP contribution is 2.21. The van der Waals surface area contributed by atoms with E-state index in [-0.39, 0.29) is 5.56 Å². The lowest BCUT2D eigenvalue weighted by atomic mass is 10.2. The van der Waals surface area contributed by atoms with Crippen molar-refractivity contribution in [1.29, 1.82) is 0 Å². The molecule has 0 aliphatic carbocycles. The lowest BCUT2D eigenvalue weighted by Crippen LogP contribution is -2.22. The van der Waals surface area contributed by atoms with Crippen LogP contribution < -0.4 is 5.11 Å². The second kappa shape index (κ2) is 2.57. The molecule has 0 unspecified atom stereocenters. The molecule has 0 fully saturated rings. The molecule has 0 N–H and O–H groups in total. The first kappa shape index (κ1) is 7.24. The Morgan fingerprint density at radius 1 is 1.50 bits per heavy atom. The summed E-state index contributed by atoms with van der Waals surface area (Å²) in [6, 6.07) is 4.96. The molecular weight excluding hydrogens is 174 g/mol. The fourth-order valence-electron chi connectivity index (χ4n) is 1.05. The average Bonchev–Trinajstić information content (AvgIpc) is 2.49. The Kier molecular flexibility index (Phi) is 1.55. The lowest BCUT2D eigenvalue weighted by Gasteiger charge is -2.01. The molecule has 0 atom stereocenters. The van der Waals surface area contributed by atoms with E-state index in [1.807, 2.05) is 0 Å². The summed E-state index contributed by atoms with van der Waals surface area (Å²) in [6.45, 7) is 0. The van der Waals surface area contributed by atoms with Crippen molar-refractivity contribution in [3.63, 3.8) is 0 Å².